The summed E-state index contributed by atoms with van der Waals surface area (Å²) in [6.45, 7) is 0. The van der Waals surface area contributed by atoms with Crippen LogP contribution in [0.5, 0.6) is 0 Å². The number of carbonyl (C=O) groups is 1. The Kier molecular flexibility index (Phi) is 3.48. The number of carbonyl (C=O) groups excluding carboxylic acids is 1. The van der Waals surface area contributed by atoms with Gasteiger partial charge in [-0.3, -0.25) is 4.79 Å². The first-order valence-electron chi connectivity index (χ1n) is 4.42. The van der Waals surface area contributed by atoms with Crippen molar-refractivity contribution >= 4 is 16.1 Å². The van der Waals surface area contributed by atoms with E-state index in [-0.39, 0.29) is 6.29 Å². The molecule has 0 aliphatic heterocycles. The van der Waals surface area contributed by atoms with E-state index in [0.29, 0.717) is 12.3 Å². The minimum Gasteiger partial charge on any atom is -0.298 e. The summed E-state index contributed by atoms with van der Waals surface area (Å²) in [4.78, 5) is 9.75. The minimum absolute atomic E-state index is 0.0946. The second kappa shape index (κ2) is 4.42. The molecule has 0 aliphatic carbocycles. The SMILES string of the molecule is CS(=O)(=O)c1c(C=O)ccc(C(F)(F)F)c1C#N. The second-order valence-electron chi connectivity index (χ2n) is 3.41. The van der Waals surface area contributed by atoms with Gasteiger partial charge in [0.05, 0.1) is 16.0 Å². The number of hydrogen-bond donors (Lipinski definition) is 0. The first kappa shape index (κ1) is 14.2. The topological polar surface area (TPSA) is 75.0 Å². The van der Waals surface area contributed by atoms with Crippen LogP contribution < -0.4 is 0 Å². The van der Waals surface area contributed by atoms with Crippen molar-refractivity contribution in [1.82, 2.24) is 0 Å². The lowest BCUT2D eigenvalue weighted by Crippen LogP contribution is -2.14. The predicted octanol–water partition coefficient (Wildman–Crippen LogP) is 1.79. The summed E-state index contributed by atoms with van der Waals surface area (Å²) in [6.07, 6.45) is -4.14. The molecule has 1 rings (SSSR count). The molecule has 0 aliphatic rings. The molecule has 1 aromatic carbocycles. The normalized spacial score (nSPS) is 11.9. The van der Waals surface area contributed by atoms with Crippen molar-refractivity contribution in [2.75, 3.05) is 6.26 Å². The van der Waals surface area contributed by atoms with E-state index in [4.69, 9.17) is 5.26 Å². The third-order valence-electron chi connectivity index (χ3n) is 2.10. The standard InChI is InChI=1S/C10H6F3NO3S/c1-18(16,17)9-6(5-15)2-3-8(7(9)4-14)10(11,12)13/h2-3,5H,1H3. The van der Waals surface area contributed by atoms with Crippen LogP contribution in [0.4, 0.5) is 13.2 Å². The zero-order valence-corrected chi connectivity index (χ0v) is 9.76. The third-order valence-corrected chi connectivity index (χ3v) is 3.28. The van der Waals surface area contributed by atoms with Gasteiger partial charge in [0.1, 0.15) is 6.07 Å². The Hall–Kier alpha value is -1.88. The molecule has 0 atom stereocenters. The van der Waals surface area contributed by atoms with E-state index in [1.807, 2.05) is 0 Å². The highest BCUT2D eigenvalue weighted by molar-refractivity contribution is 7.90. The number of alkyl halides is 3. The summed E-state index contributed by atoms with van der Waals surface area (Å²) < 4.78 is 60.6. The predicted molar refractivity (Wildman–Crippen MR) is 54.7 cm³/mol. The van der Waals surface area contributed by atoms with Crippen LogP contribution >= 0.6 is 0 Å². The molecule has 0 radical (unpaired) electrons. The largest absolute Gasteiger partial charge is 0.417 e. The van der Waals surface area contributed by atoms with Gasteiger partial charge in [0.15, 0.2) is 16.1 Å². The molecule has 0 aromatic heterocycles. The Morgan fingerprint density at radius 1 is 1.33 bits per heavy atom. The van der Waals surface area contributed by atoms with Gasteiger partial charge < -0.3 is 0 Å². The molecule has 0 spiro atoms. The molecule has 0 heterocycles. The molecule has 4 nitrogen and oxygen atoms in total. The number of nitrogens with zero attached hydrogens (tertiary/aromatic N) is 1. The number of benzene rings is 1. The first-order valence-corrected chi connectivity index (χ1v) is 6.31. The van der Waals surface area contributed by atoms with Crippen LogP contribution in [0.1, 0.15) is 21.5 Å². The van der Waals surface area contributed by atoms with Gasteiger partial charge in [-0.25, -0.2) is 8.42 Å². The van der Waals surface area contributed by atoms with Crippen molar-refractivity contribution in [2.24, 2.45) is 0 Å². The van der Waals surface area contributed by atoms with Crippen molar-refractivity contribution in [3.8, 4) is 6.07 Å². The zero-order chi connectivity index (χ0) is 14.1. The molecule has 1 aromatic rings. The average Bonchev–Trinajstić information content (AvgIpc) is 2.24. The molecule has 0 saturated heterocycles. The number of hydrogen-bond acceptors (Lipinski definition) is 4. The first-order chi connectivity index (χ1) is 8.12. The van der Waals surface area contributed by atoms with E-state index >= 15 is 0 Å². The maximum absolute atomic E-state index is 12.6. The second-order valence-corrected chi connectivity index (χ2v) is 5.36. The Bertz CT molecular complexity index is 642. The quantitative estimate of drug-likeness (QED) is 0.772. The molecule has 18 heavy (non-hydrogen) atoms. The van der Waals surface area contributed by atoms with Gasteiger partial charge in [-0.1, -0.05) is 0 Å². The van der Waals surface area contributed by atoms with Crippen LogP contribution in [0.2, 0.25) is 0 Å². The van der Waals surface area contributed by atoms with Gasteiger partial charge in [-0.15, -0.1) is 0 Å². The Morgan fingerprint density at radius 3 is 2.22 bits per heavy atom. The van der Waals surface area contributed by atoms with E-state index in [1.54, 1.807) is 0 Å². The van der Waals surface area contributed by atoms with Crippen LogP contribution in [-0.4, -0.2) is 21.0 Å². The number of rotatable bonds is 2. The molecule has 0 fully saturated rings. The van der Waals surface area contributed by atoms with Crippen molar-refractivity contribution < 1.29 is 26.4 Å². The fourth-order valence-corrected chi connectivity index (χ4v) is 2.51. The lowest BCUT2D eigenvalue weighted by Gasteiger charge is -2.12. The molecule has 0 N–H and O–H groups in total. The molecular weight excluding hydrogens is 271 g/mol. The van der Waals surface area contributed by atoms with Crippen molar-refractivity contribution in [1.29, 1.82) is 5.26 Å². The van der Waals surface area contributed by atoms with Gasteiger partial charge in [-0.2, -0.15) is 18.4 Å². The van der Waals surface area contributed by atoms with Gasteiger partial charge in [-0.05, 0) is 12.1 Å². The van der Waals surface area contributed by atoms with Crippen molar-refractivity contribution in [3.63, 3.8) is 0 Å². The smallest absolute Gasteiger partial charge is 0.298 e. The van der Waals surface area contributed by atoms with Crippen molar-refractivity contribution in [2.45, 2.75) is 11.1 Å². The van der Waals surface area contributed by atoms with E-state index < -0.39 is 37.6 Å². The number of aldehydes is 1. The lowest BCUT2D eigenvalue weighted by atomic mass is 10.0. The van der Waals surface area contributed by atoms with Crippen molar-refractivity contribution in [3.05, 3.63) is 28.8 Å². The molecule has 0 amide bonds. The zero-order valence-electron chi connectivity index (χ0n) is 8.95. The highest BCUT2D eigenvalue weighted by Gasteiger charge is 2.36. The van der Waals surface area contributed by atoms with Crippen LogP contribution in [0.15, 0.2) is 17.0 Å². The molecule has 0 saturated carbocycles. The fraction of sp³-hybridized carbons (Fsp3) is 0.200. The molecule has 0 bridgehead atoms. The summed E-state index contributed by atoms with van der Waals surface area (Å²) in [6, 6.07) is 2.43. The molecular formula is C10H6F3NO3S. The van der Waals surface area contributed by atoms with Crippen LogP contribution in [-0.2, 0) is 16.0 Å². The van der Waals surface area contributed by atoms with Gasteiger partial charge in [0, 0.05) is 11.8 Å². The monoisotopic (exact) mass is 277 g/mol. The Labute approximate surface area is 101 Å². The summed E-state index contributed by atoms with van der Waals surface area (Å²) in [5.74, 6) is 0. The average molecular weight is 277 g/mol. The number of halogens is 3. The van der Waals surface area contributed by atoms with Gasteiger partial charge in [0.2, 0.25) is 0 Å². The molecule has 96 valence electrons. The summed E-state index contributed by atoms with van der Waals surface area (Å²) in [5, 5.41) is 8.72. The van der Waals surface area contributed by atoms with Gasteiger partial charge in [0.25, 0.3) is 0 Å². The number of nitriles is 1. The minimum atomic E-state index is -4.87. The summed E-state index contributed by atoms with van der Waals surface area (Å²) in [5.41, 5.74) is -2.91. The number of sulfone groups is 1. The van der Waals surface area contributed by atoms with E-state index in [1.165, 1.54) is 6.07 Å². The van der Waals surface area contributed by atoms with Crippen LogP contribution in [0.3, 0.4) is 0 Å². The van der Waals surface area contributed by atoms with Crippen LogP contribution in [0, 0.1) is 11.3 Å². The summed E-state index contributed by atoms with van der Waals surface area (Å²) >= 11 is 0. The van der Waals surface area contributed by atoms with Gasteiger partial charge >= 0.3 is 6.18 Å². The maximum atomic E-state index is 12.6. The van der Waals surface area contributed by atoms with E-state index in [2.05, 4.69) is 0 Å². The van der Waals surface area contributed by atoms with E-state index in [0.717, 1.165) is 6.07 Å². The molecule has 0 unspecified atom stereocenters. The Balaban J connectivity index is 3.88. The highest BCUT2D eigenvalue weighted by Crippen LogP contribution is 2.35. The Morgan fingerprint density at radius 2 is 1.89 bits per heavy atom. The van der Waals surface area contributed by atoms with Crippen LogP contribution in [0.25, 0.3) is 0 Å². The molecule has 8 heteroatoms. The maximum Gasteiger partial charge on any atom is 0.417 e. The summed E-state index contributed by atoms with van der Waals surface area (Å²) in [7, 11) is -4.12. The highest BCUT2D eigenvalue weighted by atomic mass is 32.2. The van der Waals surface area contributed by atoms with E-state index in [9.17, 15) is 26.4 Å². The lowest BCUT2D eigenvalue weighted by molar-refractivity contribution is -0.137. The fourth-order valence-electron chi connectivity index (χ4n) is 1.44. The third kappa shape index (κ3) is 2.51.